The molecular weight excluding hydrogens is 350 g/mol. The standard InChI is InChI=1S/C24H31NO3/c1-25(2)24(28)13-9-4-3-8-12-20-14-17-23(27)22(20)16-15-21(26)18-19-10-6-5-7-11-19/h3,5-8,10-11,14-17,20-22,26H,4,9,12-13,18H2,1-2H3/b8-3-,16-15+/t20-,21+,22+/m0/s1. The third kappa shape index (κ3) is 7.28. The molecule has 0 unspecified atom stereocenters. The topological polar surface area (TPSA) is 57.6 Å². The Kier molecular flexibility index (Phi) is 8.89. The van der Waals surface area contributed by atoms with Gasteiger partial charge < -0.3 is 10.0 Å². The van der Waals surface area contributed by atoms with Crippen LogP contribution in [-0.4, -0.2) is 41.9 Å². The Bertz CT molecular complexity index is 719. The lowest BCUT2D eigenvalue weighted by atomic mass is 9.90. The summed E-state index contributed by atoms with van der Waals surface area (Å²) in [7, 11) is 3.54. The Labute approximate surface area is 168 Å². The van der Waals surface area contributed by atoms with Crippen molar-refractivity contribution >= 4 is 11.7 Å². The lowest BCUT2D eigenvalue weighted by Gasteiger charge is -2.13. The highest BCUT2D eigenvalue weighted by molar-refractivity contribution is 5.95. The van der Waals surface area contributed by atoms with Gasteiger partial charge in [-0.25, -0.2) is 0 Å². The quantitative estimate of drug-likeness (QED) is 0.496. The SMILES string of the molecule is CN(C)C(=O)CCC/C=C\C[C@H]1C=CC(=O)[C@@H]1/C=C/[C@@H](O)Cc1ccccc1. The van der Waals surface area contributed by atoms with E-state index in [0.29, 0.717) is 12.8 Å². The molecule has 1 aromatic rings. The molecule has 0 aliphatic heterocycles. The second-order valence-electron chi connectivity index (χ2n) is 7.48. The first-order valence-corrected chi connectivity index (χ1v) is 9.95. The van der Waals surface area contributed by atoms with Gasteiger partial charge in [0.15, 0.2) is 5.78 Å². The summed E-state index contributed by atoms with van der Waals surface area (Å²) >= 11 is 0. The van der Waals surface area contributed by atoms with E-state index in [4.69, 9.17) is 0 Å². The summed E-state index contributed by atoms with van der Waals surface area (Å²) < 4.78 is 0. The predicted molar refractivity (Wildman–Crippen MR) is 113 cm³/mol. The van der Waals surface area contributed by atoms with Crippen molar-refractivity contribution in [1.29, 1.82) is 0 Å². The van der Waals surface area contributed by atoms with Crippen LogP contribution in [0.2, 0.25) is 0 Å². The highest BCUT2D eigenvalue weighted by Gasteiger charge is 2.26. The third-order valence-electron chi connectivity index (χ3n) is 4.96. The van der Waals surface area contributed by atoms with Crippen LogP contribution in [0.1, 0.15) is 31.2 Å². The van der Waals surface area contributed by atoms with Crippen LogP contribution in [0.4, 0.5) is 0 Å². The number of benzene rings is 1. The van der Waals surface area contributed by atoms with Gasteiger partial charge in [-0.3, -0.25) is 9.59 Å². The van der Waals surface area contributed by atoms with Gasteiger partial charge in [0, 0.05) is 32.9 Å². The van der Waals surface area contributed by atoms with Gasteiger partial charge in [-0.05, 0) is 36.8 Å². The van der Waals surface area contributed by atoms with Crippen LogP contribution in [0.3, 0.4) is 0 Å². The van der Waals surface area contributed by atoms with E-state index in [1.54, 1.807) is 31.1 Å². The number of rotatable bonds is 10. The fourth-order valence-electron chi connectivity index (χ4n) is 3.26. The molecule has 0 saturated carbocycles. The number of hydrogen-bond donors (Lipinski definition) is 1. The Balaban J connectivity index is 1.77. The first kappa shape index (κ1) is 21.8. The average Bonchev–Trinajstić information content (AvgIpc) is 3.03. The van der Waals surface area contributed by atoms with Crippen molar-refractivity contribution in [2.75, 3.05) is 14.1 Å². The molecule has 0 saturated heterocycles. The molecule has 4 heteroatoms. The molecule has 28 heavy (non-hydrogen) atoms. The second kappa shape index (κ2) is 11.4. The number of carbonyl (C=O) groups is 2. The van der Waals surface area contributed by atoms with Crippen molar-refractivity contribution in [2.24, 2.45) is 11.8 Å². The normalized spacial score (nSPS) is 20.3. The molecule has 0 fully saturated rings. The Morgan fingerprint density at radius 2 is 1.96 bits per heavy atom. The number of carbonyl (C=O) groups excluding carboxylic acids is 2. The first-order chi connectivity index (χ1) is 13.5. The summed E-state index contributed by atoms with van der Waals surface area (Å²) in [5.41, 5.74) is 1.07. The van der Waals surface area contributed by atoms with Gasteiger partial charge in [-0.15, -0.1) is 0 Å². The molecule has 1 aliphatic rings. The third-order valence-corrected chi connectivity index (χ3v) is 4.96. The van der Waals surface area contributed by atoms with E-state index in [2.05, 4.69) is 12.2 Å². The summed E-state index contributed by atoms with van der Waals surface area (Å²) in [5, 5.41) is 10.2. The molecule has 4 nitrogen and oxygen atoms in total. The maximum atomic E-state index is 12.1. The number of ketones is 1. The van der Waals surface area contributed by atoms with Gasteiger partial charge in [-0.2, -0.15) is 0 Å². The minimum atomic E-state index is -0.596. The van der Waals surface area contributed by atoms with Crippen molar-refractivity contribution in [1.82, 2.24) is 4.90 Å². The lowest BCUT2D eigenvalue weighted by molar-refractivity contribution is -0.128. The Hall–Kier alpha value is -2.46. The molecule has 1 aliphatic carbocycles. The smallest absolute Gasteiger partial charge is 0.222 e. The maximum Gasteiger partial charge on any atom is 0.222 e. The van der Waals surface area contributed by atoms with Crippen molar-refractivity contribution in [3.05, 3.63) is 72.4 Å². The summed E-state index contributed by atoms with van der Waals surface area (Å²) in [6, 6.07) is 9.83. The van der Waals surface area contributed by atoms with Crippen LogP contribution in [0.15, 0.2) is 66.8 Å². The molecule has 1 amide bonds. The Morgan fingerprint density at radius 1 is 1.21 bits per heavy atom. The summed E-state index contributed by atoms with van der Waals surface area (Å²) in [5.74, 6) is 0.174. The minimum absolute atomic E-state index is 0.0955. The van der Waals surface area contributed by atoms with Crippen LogP contribution in [0, 0.1) is 11.8 Å². The number of amides is 1. The van der Waals surface area contributed by atoms with E-state index in [1.807, 2.05) is 42.5 Å². The number of aliphatic hydroxyl groups is 1. The van der Waals surface area contributed by atoms with Gasteiger partial charge in [0.2, 0.25) is 5.91 Å². The zero-order valence-corrected chi connectivity index (χ0v) is 16.8. The molecule has 1 aromatic carbocycles. The summed E-state index contributed by atoms with van der Waals surface area (Å²) in [6.07, 6.45) is 14.4. The van der Waals surface area contributed by atoms with Crippen LogP contribution in [0.5, 0.6) is 0 Å². The first-order valence-electron chi connectivity index (χ1n) is 9.95. The molecular formula is C24H31NO3. The largest absolute Gasteiger partial charge is 0.389 e. The van der Waals surface area contributed by atoms with E-state index in [9.17, 15) is 14.7 Å². The predicted octanol–water partition coefficient (Wildman–Crippen LogP) is 3.72. The fraction of sp³-hybridized carbons (Fsp3) is 0.417. The van der Waals surface area contributed by atoms with Gasteiger partial charge in [0.05, 0.1) is 6.10 Å². The lowest BCUT2D eigenvalue weighted by Crippen LogP contribution is -2.20. The number of hydrogen-bond acceptors (Lipinski definition) is 3. The van der Waals surface area contributed by atoms with Crippen molar-refractivity contribution in [3.8, 4) is 0 Å². The van der Waals surface area contributed by atoms with Gasteiger partial charge in [0.1, 0.15) is 0 Å². The van der Waals surface area contributed by atoms with Crippen LogP contribution in [0.25, 0.3) is 0 Å². The average molecular weight is 382 g/mol. The van der Waals surface area contributed by atoms with Crippen LogP contribution >= 0.6 is 0 Å². The number of nitrogens with zero attached hydrogens (tertiary/aromatic N) is 1. The van der Waals surface area contributed by atoms with Gasteiger partial charge >= 0.3 is 0 Å². The van der Waals surface area contributed by atoms with Crippen molar-refractivity contribution in [3.63, 3.8) is 0 Å². The molecule has 1 N–H and O–H groups in total. The highest BCUT2D eigenvalue weighted by atomic mass is 16.3. The number of aliphatic hydroxyl groups excluding tert-OH is 1. The van der Waals surface area contributed by atoms with E-state index < -0.39 is 6.10 Å². The summed E-state index contributed by atoms with van der Waals surface area (Å²) in [6.45, 7) is 0. The maximum absolute atomic E-state index is 12.1. The van der Waals surface area contributed by atoms with Crippen LogP contribution < -0.4 is 0 Å². The molecule has 0 heterocycles. The van der Waals surface area contributed by atoms with Crippen molar-refractivity contribution < 1.29 is 14.7 Å². The monoisotopic (exact) mass is 381 g/mol. The molecule has 0 spiro atoms. The fourth-order valence-corrected chi connectivity index (χ4v) is 3.26. The zero-order valence-electron chi connectivity index (χ0n) is 16.8. The number of unbranched alkanes of at least 4 members (excludes halogenated alkanes) is 1. The molecule has 0 bridgehead atoms. The molecule has 3 atom stereocenters. The molecule has 2 rings (SSSR count). The minimum Gasteiger partial charge on any atom is -0.389 e. The van der Waals surface area contributed by atoms with E-state index in [-0.39, 0.29) is 23.5 Å². The molecule has 150 valence electrons. The summed E-state index contributed by atoms with van der Waals surface area (Å²) in [4.78, 5) is 25.3. The second-order valence-corrected chi connectivity index (χ2v) is 7.48. The van der Waals surface area contributed by atoms with Gasteiger partial charge in [-0.1, -0.05) is 60.7 Å². The Morgan fingerprint density at radius 3 is 2.68 bits per heavy atom. The molecule has 0 radical (unpaired) electrons. The highest BCUT2D eigenvalue weighted by Crippen LogP contribution is 2.27. The molecule has 0 aromatic heterocycles. The van der Waals surface area contributed by atoms with E-state index in [1.165, 1.54) is 0 Å². The van der Waals surface area contributed by atoms with E-state index in [0.717, 1.165) is 24.8 Å². The van der Waals surface area contributed by atoms with Gasteiger partial charge in [0.25, 0.3) is 0 Å². The van der Waals surface area contributed by atoms with Crippen molar-refractivity contribution in [2.45, 2.75) is 38.2 Å². The van der Waals surface area contributed by atoms with E-state index >= 15 is 0 Å². The van der Waals surface area contributed by atoms with Crippen LogP contribution in [-0.2, 0) is 16.0 Å². The zero-order chi connectivity index (χ0) is 20.4. The number of allylic oxidation sites excluding steroid dienone is 5.